The highest BCUT2D eigenvalue weighted by atomic mass is 35.5. The van der Waals surface area contributed by atoms with Gasteiger partial charge in [-0.2, -0.15) is 4.98 Å². The fraction of sp³-hybridized carbons (Fsp3) is 0.444. The smallest absolute Gasteiger partial charge is 0.220 e. The van der Waals surface area contributed by atoms with E-state index in [0.717, 1.165) is 21.8 Å². The second-order valence-corrected chi connectivity index (χ2v) is 6.79. The molecule has 124 valence electrons. The third-order valence-corrected chi connectivity index (χ3v) is 3.74. The molecule has 5 heteroatoms. The first kappa shape index (κ1) is 17.7. The maximum atomic E-state index is 6.25. The van der Waals surface area contributed by atoms with Gasteiger partial charge in [-0.3, -0.25) is 0 Å². The normalized spacial score (nSPS) is 11.6. The molecule has 0 radical (unpaired) electrons. The van der Waals surface area contributed by atoms with Gasteiger partial charge >= 0.3 is 0 Å². The van der Waals surface area contributed by atoms with Crippen LogP contribution in [-0.4, -0.2) is 22.7 Å². The molecule has 23 heavy (non-hydrogen) atoms. The van der Waals surface area contributed by atoms with Crippen LogP contribution in [0.1, 0.15) is 43.4 Å². The second kappa shape index (κ2) is 7.28. The lowest BCUT2D eigenvalue weighted by Crippen LogP contribution is -2.20. The van der Waals surface area contributed by atoms with Gasteiger partial charge < -0.3 is 9.47 Å². The van der Waals surface area contributed by atoms with Crippen LogP contribution in [0.4, 0.5) is 0 Å². The minimum Gasteiger partial charge on any atom is -0.481 e. The molecule has 0 spiro atoms. The van der Waals surface area contributed by atoms with Crippen molar-refractivity contribution >= 4 is 11.6 Å². The van der Waals surface area contributed by atoms with E-state index in [1.807, 2.05) is 52.0 Å². The molecule has 1 heterocycles. The van der Waals surface area contributed by atoms with Gasteiger partial charge in [0.25, 0.3) is 0 Å². The Kier molecular flexibility index (Phi) is 5.60. The van der Waals surface area contributed by atoms with Gasteiger partial charge in [-0.15, -0.1) is 0 Å². The largest absolute Gasteiger partial charge is 0.481 e. The molecule has 0 aliphatic carbocycles. The van der Waals surface area contributed by atoms with E-state index in [4.69, 9.17) is 21.1 Å². The number of aromatic nitrogens is 2. The number of ether oxygens (including phenoxy) is 2. The van der Waals surface area contributed by atoms with Gasteiger partial charge in [-0.05, 0) is 39.3 Å². The summed E-state index contributed by atoms with van der Waals surface area (Å²) in [6.45, 7) is 8.32. The third kappa shape index (κ3) is 4.91. The zero-order valence-electron chi connectivity index (χ0n) is 14.3. The molecule has 1 aromatic carbocycles. The average Bonchev–Trinajstić information content (AvgIpc) is 2.48. The quantitative estimate of drug-likeness (QED) is 0.815. The van der Waals surface area contributed by atoms with E-state index in [9.17, 15) is 0 Å². The Morgan fingerprint density at radius 1 is 1.13 bits per heavy atom. The minimum atomic E-state index is -0.235. The maximum absolute atomic E-state index is 6.25. The van der Waals surface area contributed by atoms with Crippen LogP contribution < -0.4 is 4.74 Å². The van der Waals surface area contributed by atoms with Crippen molar-refractivity contribution < 1.29 is 9.47 Å². The first-order valence-electron chi connectivity index (χ1n) is 7.58. The van der Waals surface area contributed by atoms with Crippen molar-refractivity contribution in [1.82, 2.24) is 9.97 Å². The SMILES string of the molecule is COc1nc(COC(C)(C)C)nc(C)c1Cc1ccccc1Cl. The lowest BCUT2D eigenvalue weighted by atomic mass is 10.0. The summed E-state index contributed by atoms with van der Waals surface area (Å²) in [5, 5.41) is 0.731. The zero-order valence-corrected chi connectivity index (χ0v) is 15.1. The van der Waals surface area contributed by atoms with Crippen LogP contribution in [0, 0.1) is 6.92 Å². The lowest BCUT2D eigenvalue weighted by Gasteiger charge is -2.19. The number of benzene rings is 1. The Balaban J connectivity index is 2.28. The first-order valence-corrected chi connectivity index (χ1v) is 7.95. The molecular formula is C18H23ClN2O2. The summed E-state index contributed by atoms with van der Waals surface area (Å²) >= 11 is 6.25. The zero-order chi connectivity index (χ0) is 17.0. The molecule has 0 saturated heterocycles. The van der Waals surface area contributed by atoms with Gasteiger partial charge in [0, 0.05) is 22.7 Å². The van der Waals surface area contributed by atoms with Crippen LogP contribution in [0.5, 0.6) is 5.88 Å². The van der Waals surface area contributed by atoms with Crippen LogP contribution in [0.15, 0.2) is 24.3 Å². The highest BCUT2D eigenvalue weighted by molar-refractivity contribution is 6.31. The number of aryl methyl sites for hydroxylation is 1. The first-order chi connectivity index (χ1) is 10.8. The molecule has 0 bridgehead atoms. The van der Waals surface area contributed by atoms with Crippen molar-refractivity contribution in [2.24, 2.45) is 0 Å². The van der Waals surface area contributed by atoms with Crippen molar-refractivity contribution in [3.05, 3.63) is 51.9 Å². The fourth-order valence-corrected chi connectivity index (χ4v) is 2.38. The number of hydrogen-bond donors (Lipinski definition) is 0. The van der Waals surface area contributed by atoms with E-state index >= 15 is 0 Å². The molecule has 4 nitrogen and oxygen atoms in total. The molecule has 0 aliphatic heterocycles. The molecule has 0 saturated carbocycles. The Hall–Kier alpha value is -1.65. The van der Waals surface area contributed by atoms with Crippen LogP contribution in [0.2, 0.25) is 5.02 Å². The van der Waals surface area contributed by atoms with Gasteiger partial charge in [0.05, 0.1) is 12.7 Å². The average molecular weight is 335 g/mol. The number of hydrogen-bond acceptors (Lipinski definition) is 4. The van der Waals surface area contributed by atoms with Crippen LogP contribution in [0.3, 0.4) is 0 Å². The van der Waals surface area contributed by atoms with Crippen LogP contribution in [0.25, 0.3) is 0 Å². The van der Waals surface area contributed by atoms with Crippen LogP contribution >= 0.6 is 11.6 Å². The molecule has 0 aliphatic rings. The predicted octanol–water partition coefficient (Wildman–Crippen LogP) is 4.35. The summed E-state index contributed by atoms with van der Waals surface area (Å²) < 4.78 is 11.2. The van der Waals surface area contributed by atoms with Gasteiger partial charge in [0.2, 0.25) is 5.88 Å². The van der Waals surface area contributed by atoms with Crippen molar-refractivity contribution in [2.45, 2.75) is 46.3 Å². The van der Waals surface area contributed by atoms with Gasteiger partial charge in [-0.1, -0.05) is 29.8 Å². The Labute approximate surface area is 142 Å². The van der Waals surface area contributed by atoms with E-state index < -0.39 is 0 Å². The van der Waals surface area contributed by atoms with Crippen LogP contribution in [-0.2, 0) is 17.8 Å². The molecule has 1 aromatic heterocycles. The van der Waals surface area contributed by atoms with Crippen molar-refractivity contribution in [1.29, 1.82) is 0 Å². The summed E-state index contributed by atoms with van der Waals surface area (Å²) in [5.74, 6) is 1.20. The molecular weight excluding hydrogens is 312 g/mol. The number of nitrogens with zero attached hydrogens (tertiary/aromatic N) is 2. The maximum Gasteiger partial charge on any atom is 0.220 e. The van der Waals surface area contributed by atoms with E-state index in [1.165, 1.54) is 0 Å². The predicted molar refractivity (Wildman–Crippen MR) is 92.1 cm³/mol. The summed E-state index contributed by atoms with van der Waals surface area (Å²) in [6, 6.07) is 7.76. The summed E-state index contributed by atoms with van der Waals surface area (Å²) in [5.41, 5.74) is 2.61. The Morgan fingerprint density at radius 3 is 2.43 bits per heavy atom. The minimum absolute atomic E-state index is 0.235. The molecule has 0 atom stereocenters. The van der Waals surface area contributed by atoms with E-state index in [0.29, 0.717) is 24.7 Å². The van der Waals surface area contributed by atoms with E-state index in [-0.39, 0.29) is 5.60 Å². The highest BCUT2D eigenvalue weighted by Crippen LogP contribution is 2.26. The van der Waals surface area contributed by atoms with Gasteiger partial charge in [-0.25, -0.2) is 4.98 Å². The molecule has 0 unspecified atom stereocenters. The number of halogens is 1. The van der Waals surface area contributed by atoms with Gasteiger partial charge in [0.15, 0.2) is 5.82 Å². The summed E-state index contributed by atoms with van der Waals surface area (Å²) in [6.07, 6.45) is 0.634. The monoisotopic (exact) mass is 334 g/mol. The highest BCUT2D eigenvalue weighted by Gasteiger charge is 2.16. The third-order valence-electron chi connectivity index (χ3n) is 3.37. The molecule has 2 rings (SSSR count). The molecule has 0 N–H and O–H groups in total. The summed E-state index contributed by atoms with van der Waals surface area (Å²) in [4.78, 5) is 9.03. The lowest BCUT2D eigenvalue weighted by molar-refractivity contribution is -0.0183. The van der Waals surface area contributed by atoms with Crippen molar-refractivity contribution in [3.63, 3.8) is 0 Å². The summed E-state index contributed by atoms with van der Waals surface area (Å²) in [7, 11) is 1.62. The molecule has 0 fully saturated rings. The van der Waals surface area contributed by atoms with Crippen molar-refractivity contribution in [2.75, 3.05) is 7.11 Å². The van der Waals surface area contributed by atoms with Crippen molar-refractivity contribution in [3.8, 4) is 5.88 Å². The topological polar surface area (TPSA) is 44.2 Å². The van der Waals surface area contributed by atoms with Gasteiger partial charge in [0.1, 0.15) is 6.61 Å². The Morgan fingerprint density at radius 2 is 1.83 bits per heavy atom. The second-order valence-electron chi connectivity index (χ2n) is 6.38. The van der Waals surface area contributed by atoms with E-state index in [1.54, 1.807) is 7.11 Å². The number of rotatable bonds is 5. The Bertz CT molecular complexity index is 681. The standard InChI is InChI=1S/C18H23ClN2O2/c1-12-14(10-13-8-6-7-9-15(13)19)17(22-5)21-16(20-12)11-23-18(2,3)4/h6-9H,10-11H2,1-5H3. The molecule has 2 aromatic rings. The van der Waals surface area contributed by atoms with E-state index in [2.05, 4.69) is 9.97 Å². The fourth-order valence-electron chi connectivity index (χ4n) is 2.18. The number of methoxy groups -OCH3 is 1. The molecule has 0 amide bonds.